The molecular formula is C19H19N3O2S. The van der Waals surface area contributed by atoms with Crippen molar-refractivity contribution in [3.05, 3.63) is 59.4 Å². The van der Waals surface area contributed by atoms with Crippen molar-refractivity contribution in [1.82, 2.24) is 9.97 Å². The van der Waals surface area contributed by atoms with E-state index in [1.807, 2.05) is 42.6 Å². The van der Waals surface area contributed by atoms with Crippen LogP contribution in [0.4, 0.5) is 5.69 Å². The number of pyridine rings is 1. The molecule has 5 nitrogen and oxygen atoms in total. The molecule has 3 rings (SSSR count). The fourth-order valence-corrected chi connectivity index (χ4v) is 3.26. The summed E-state index contributed by atoms with van der Waals surface area (Å²) in [6.07, 6.45) is 4.49. The molecule has 1 N–H and O–H groups in total. The summed E-state index contributed by atoms with van der Waals surface area (Å²) < 4.78 is 5.28. The monoisotopic (exact) mass is 353 g/mol. The van der Waals surface area contributed by atoms with E-state index >= 15 is 0 Å². The molecule has 25 heavy (non-hydrogen) atoms. The van der Waals surface area contributed by atoms with Crippen LogP contribution in [0.1, 0.15) is 17.7 Å². The summed E-state index contributed by atoms with van der Waals surface area (Å²) in [5.41, 5.74) is 3.67. The molecule has 0 aliphatic carbocycles. The molecule has 1 aromatic carbocycles. The third-order valence-electron chi connectivity index (χ3n) is 3.70. The summed E-state index contributed by atoms with van der Waals surface area (Å²) in [5, 5.41) is 5.82. The maximum Gasteiger partial charge on any atom is 0.224 e. The first-order valence-corrected chi connectivity index (χ1v) is 8.83. The number of anilines is 1. The number of carbonyl (C=O) groups excluding carboxylic acids is 1. The first-order chi connectivity index (χ1) is 12.2. The number of hydrogen-bond donors (Lipinski definition) is 1. The average Bonchev–Trinajstić information content (AvgIpc) is 3.10. The minimum absolute atomic E-state index is 0.0557. The minimum atomic E-state index is -0.0557. The Hall–Kier alpha value is -2.73. The van der Waals surface area contributed by atoms with Gasteiger partial charge in [-0.3, -0.25) is 9.78 Å². The lowest BCUT2D eigenvalue weighted by Crippen LogP contribution is -2.13. The van der Waals surface area contributed by atoms with Crippen LogP contribution in [0.2, 0.25) is 0 Å². The Kier molecular flexibility index (Phi) is 5.40. The van der Waals surface area contributed by atoms with Crippen LogP contribution in [-0.2, 0) is 11.2 Å². The molecule has 128 valence electrons. The number of aromatic nitrogens is 2. The number of benzene rings is 1. The normalized spacial score (nSPS) is 10.5. The predicted octanol–water partition coefficient (Wildman–Crippen LogP) is 4.09. The summed E-state index contributed by atoms with van der Waals surface area (Å²) in [6.45, 7) is 1.98. The maximum atomic E-state index is 12.2. The van der Waals surface area contributed by atoms with Crippen molar-refractivity contribution < 1.29 is 9.53 Å². The number of nitrogens with one attached hydrogen (secondary N) is 1. The topological polar surface area (TPSA) is 64.1 Å². The Morgan fingerprint density at radius 1 is 1.32 bits per heavy atom. The van der Waals surface area contributed by atoms with Crippen LogP contribution >= 0.6 is 11.3 Å². The second kappa shape index (κ2) is 7.90. The average molecular weight is 353 g/mol. The van der Waals surface area contributed by atoms with Gasteiger partial charge in [-0.2, -0.15) is 0 Å². The smallest absolute Gasteiger partial charge is 0.224 e. The molecule has 0 spiro atoms. The van der Waals surface area contributed by atoms with Gasteiger partial charge in [0.05, 0.1) is 18.5 Å². The molecule has 2 aromatic heterocycles. The molecule has 0 fully saturated rings. The van der Waals surface area contributed by atoms with E-state index in [0.29, 0.717) is 24.3 Å². The quantitative estimate of drug-likeness (QED) is 0.725. The number of methoxy groups -OCH3 is 1. The van der Waals surface area contributed by atoms with E-state index in [4.69, 9.17) is 4.74 Å². The molecule has 0 radical (unpaired) electrons. The van der Waals surface area contributed by atoms with E-state index < -0.39 is 0 Å². The number of rotatable bonds is 6. The van der Waals surface area contributed by atoms with Gasteiger partial charge in [0.1, 0.15) is 10.8 Å². The van der Waals surface area contributed by atoms with Crippen molar-refractivity contribution in [3.8, 4) is 16.3 Å². The van der Waals surface area contributed by atoms with Gasteiger partial charge in [-0.05, 0) is 43.2 Å². The highest BCUT2D eigenvalue weighted by Gasteiger charge is 2.10. The molecule has 0 aliphatic rings. The van der Waals surface area contributed by atoms with Gasteiger partial charge in [-0.25, -0.2) is 4.98 Å². The lowest BCUT2D eigenvalue weighted by atomic mass is 10.2. The summed E-state index contributed by atoms with van der Waals surface area (Å²) in [7, 11) is 1.59. The van der Waals surface area contributed by atoms with E-state index in [1.54, 1.807) is 30.8 Å². The van der Waals surface area contributed by atoms with Crippen molar-refractivity contribution >= 4 is 22.9 Å². The van der Waals surface area contributed by atoms with Gasteiger partial charge < -0.3 is 10.1 Å². The molecule has 1 amide bonds. The second-order valence-corrected chi connectivity index (χ2v) is 6.50. The van der Waals surface area contributed by atoms with Crippen LogP contribution < -0.4 is 10.1 Å². The van der Waals surface area contributed by atoms with Crippen LogP contribution in [0.15, 0.2) is 48.1 Å². The molecule has 0 saturated carbocycles. The zero-order valence-electron chi connectivity index (χ0n) is 14.2. The lowest BCUT2D eigenvalue weighted by Gasteiger charge is -2.10. The second-order valence-electron chi connectivity index (χ2n) is 5.64. The Morgan fingerprint density at radius 2 is 2.20 bits per heavy atom. The third-order valence-corrected chi connectivity index (χ3v) is 4.64. The highest BCUT2D eigenvalue weighted by molar-refractivity contribution is 7.13. The van der Waals surface area contributed by atoms with E-state index in [2.05, 4.69) is 15.3 Å². The number of hydrogen-bond acceptors (Lipinski definition) is 5. The van der Waals surface area contributed by atoms with Gasteiger partial charge in [-0.1, -0.05) is 6.07 Å². The SMILES string of the molecule is COc1ccc(C)cc1NC(=O)CCc1csc(-c2cccnc2)n1. The van der Waals surface area contributed by atoms with Crippen molar-refractivity contribution in [2.75, 3.05) is 12.4 Å². The zero-order chi connectivity index (χ0) is 17.6. The first kappa shape index (κ1) is 17.1. The third kappa shape index (κ3) is 4.42. The van der Waals surface area contributed by atoms with Gasteiger partial charge >= 0.3 is 0 Å². The predicted molar refractivity (Wildman–Crippen MR) is 100 cm³/mol. The Labute approximate surface area is 150 Å². The molecule has 2 heterocycles. The molecule has 0 saturated heterocycles. The zero-order valence-corrected chi connectivity index (χ0v) is 15.0. The summed E-state index contributed by atoms with van der Waals surface area (Å²) in [6, 6.07) is 9.57. The van der Waals surface area contributed by atoms with E-state index in [0.717, 1.165) is 21.8 Å². The lowest BCUT2D eigenvalue weighted by molar-refractivity contribution is -0.116. The molecular weight excluding hydrogens is 334 g/mol. The fourth-order valence-electron chi connectivity index (χ4n) is 2.42. The molecule has 0 atom stereocenters. The van der Waals surface area contributed by atoms with Crippen molar-refractivity contribution in [2.45, 2.75) is 19.8 Å². The number of ether oxygens (including phenoxy) is 1. The molecule has 0 unspecified atom stereocenters. The van der Waals surface area contributed by atoms with Crippen LogP contribution in [0.5, 0.6) is 5.75 Å². The van der Waals surface area contributed by atoms with Crippen molar-refractivity contribution in [1.29, 1.82) is 0 Å². The van der Waals surface area contributed by atoms with Crippen molar-refractivity contribution in [3.63, 3.8) is 0 Å². The van der Waals surface area contributed by atoms with Gasteiger partial charge in [0, 0.05) is 29.8 Å². The Morgan fingerprint density at radius 3 is 2.96 bits per heavy atom. The summed E-state index contributed by atoms with van der Waals surface area (Å²) >= 11 is 1.56. The van der Waals surface area contributed by atoms with Crippen LogP contribution in [0.25, 0.3) is 10.6 Å². The Balaban J connectivity index is 1.60. The summed E-state index contributed by atoms with van der Waals surface area (Å²) in [4.78, 5) is 20.9. The van der Waals surface area contributed by atoms with Gasteiger partial charge in [0.25, 0.3) is 0 Å². The minimum Gasteiger partial charge on any atom is -0.495 e. The number of aryl methyl sites for hydroxylation is 2. The standard InChI is InChI=1S/C19H19N3O2S/c1-13-5-7-17(24-2)16(10-13)22-18(23)8-6-15-12-25-19(21-15)14-4-3-9-20-11-14/h3-5,7,9-12H,6,8H2,1-2H3,(H,22,23). The molecule has 3 aromatic rings. The fraction of sp³-hybridized carbons (Fsp3) is 0.211. The number of carbonyl (C=O) groups is 1. The van der Waals surface area contributed by atoms with E-state index in [-0.39, 0.29) is 5.91 Å². The molecule has 6 heteroatoms. The first-order valence-electron chi connectivity index (χ1n) is 7.95. The molecule has 0 aliphatic heterocycles. The largest absolute Gasteiger partial charge is 0.495 e. The number of amides is 1. The van der Waals surface area contributed by atoms with Crippen molar-refractivity contribution in [2.24, 2.45) is 0 Å². The Bertz CT molecular complexity index is 862. The van der Waals surface area contributed by atoms with Gasteiger partial charge in [-0.15, -0.1) is 11.3 Å². The van der Waals surface area contributed by atoms with E-state index in [1.165, 1.54) is 0 Å². The highest BCUT2D eigenvalue weighted by Crippen LogP contribution is 2.26. The highest BCUT2D eigenvalue weighted by atomic mass is 32.1. The van der Waals surface area contributed by atoms with Crippen LogP contribution in [0, 0.1) is 6.92 Å². The van der Waals surface area contributed by atoms with E-state index in [9.17, 15) is 4.79 Å². The maximum absolute atomic E-state index is 12.2. The number of thiazole rings is 1. The number of nitrogens with zero attached hydrogens (tertiary/aromatic N) is 2. The summed E-state index contributed by atoms with van der Waals surface area (Å²) in [5.74, 6) is 0.603. The van der Waals surface area contributed by atoms with Crippen LogP contribution in [-0.4, -0.2) is 23.0 Å². The van der Waals surface area contributed by atoms with Crippen LogP contribution in [0.3, 0.4) is 0 Å². The molecule has 0 bridgehead atoms. The van der Waals surface area contributed by atoms with Gasteiger partial charge in [0.15, 0.2) is 0 Å². The van der Waals surface area contributed by atoms with Gasteiger partial charge in [0.2, 0.25) is 5.91 Å².